The van der Waals surface area contributed by atoms with Gasteiger partial charge >= 0.3 is 0 Å². The first-order valence-corrected chi connectivity index (χ1v) is 8.05. The number of carbonyl (C=O) groups excluding carboxylic acids is 2. The predicted octanol–water partition coefficient (Wildman–Crippen LogP) is 3.13. The number of nitrogens with one attached hydrogen (secondary N) is 1. The lowest BCUT2D eigenvalue weighted by Crippen LogP contribution is -2.16. The Balaban J connectivity index is 1.76. The lowest BCUT2D eigenvalue weighted by Gasteiger charge is -2.03. The average Bonchev–Trinajstić information content (AvgIpc) is 3.06. The maximum Gasteiger partial charge on any atom is 0.251 e. The quantitative estimate of drug-likeness (QED) is 0.846. The fraction of sp³-hybridized carbons (Fsp3) is 0.176. The summed E-state index contributed by atoms with van der Waals surface area (Å²) in [6, 6.07) is 5.81. The molecule has 0 spiro atoms. The van der Waals surface area contributed by atoms with Crippen LogP contribution in [-0.4, -0.2) is 11.8 Å². The molecule has 1 aromatic heterocycles. The summed E-state index contributed by atoms with van der Waals surface area (Å²) in [5.74, 6) is -1.19. The van der Waals surface area contributed by atoms with E-state index >= 15 is 0 Å². The molecule has 1 aromatic carbocycles. The fourth-order valence-electron chi connectivity index (χ4n) is 2.65. The van der Waals surface area contributed by atoms with Gasteiger partial charge in [-0.15, -0.1) is 11.3 Å². The Kier molecular flexibility index (Phi) is 4.25. The Hall–Kier alpha value is -2.47. The van der Waals surface area contributed by atoms with Crippen LogP contribution in [0.2, 0.25) is 0 Å². The molecule has 1 aliphatic rings. The second-order valence-electron chi connectivity index (χ2n) is 5.30. The van der Waals surface area contributed by atoms with E-state index in [1.54, 1.807) is 18.2 Å². The summed E-state index contributed by atoms with van der Waals surface area (Å²) in [4.78, 5) is 24.8. The van der Waals surface area contributed by atoms with Crippen LogP contribution in [0.1, 0.15) is 32.8 Å². The zero-order valence-electron chi connectivity index (χ0n) is 12.3. The predicted molar refractivity (Wildman–Crippen MR) is 88.9 cm³/mol. The molecular formula is C17H15FN2O2S. The van der Waals surface area contributed by atoms with Crippen LogP contribution in [0.3, 0.4) is 0 Å². The minimum absolute atomic E-state index is 0.328. The molecule has 0 unspecified atom stereocenters. The number of aryl methyl sites for hydroxylation is 1. The van der Waals surface area contributed by atoms with Crippen molar-refractivity contribution < 1.29 is 14.0 Å². The molecule has 118 valence electrons. The molecule has 3 N–H and O–H groups in total. The van der Waals surface area contributed by atoms with Gasteiger partial charge in [-0.3, -0.25) is 9.59 Å². The number of halogens is 1. The standard InChI is InChI=1S/C17H15FN2O2S/c18-11-7-4-10(5-8-11)6-9-14(21)20-17-15(16(19)22)12-2-1-3-13(12)23-17/h4-9H,1-3H2,(H2,19,22)(H,20,21)/b9-6+. The van der Waals surface area contributed by atoms with E-state index in [1.807, 2.05) is 0 Å². The zero-order valence-corrected chi connectivity index (χ0v) is 13.1. The minimum Gasteiger partial charge on any atom is -0.365 e. The number of thiophene rings is 1. The number of amides is 2. The normalized spacial score (nSPS) is 13.3. The van der Waals surface area contributed by atoms with Gasteiger partial charge in [0, 0.05) is 11.0 Å². The second-order valence-corrected chi connectivity index (χ2v) is 6.41. The first-order chi connectivity index (χ1) is 11.0. The smallest absolute Gasteiger partial charge is 0.251 e. The van der Waals surface area contributed by atoms with Crippen LogP contribution >= 0.6 is 11.3 Å². The van der Waals surface area contributed by atoms with E-state index in [0.29, 0.717) is 16.1 Å². The molecule has 0 aliphatic heterocycles. The highest BCUT2D eigenvalue weighted by Crippen LogP contribution is 2.38. The number of carbonyl (C=O) groups is 2. The van der Waals surface area contributed by atoms with Crippen LogP contribution in [0.5, 0.6) is 0 Å². The summed E-state index contributed by atoms with van der Waals surface area (Å²) < 4.78 is 12.8. The largest absolute Gasteiger partial charge is 0.365 e. The molecule has 6 heteroatoms. The SMILES string of the molecule is NC(=O)c1c(NC(=O)/C=C/c2ccc(F)cc2)sc2c1CCC2. The zero-order chi connectivity index (χ0) is 16.4. The van der Waals surface area contributed by atoms with Crippen LogP contribution in [0.25, 0.3) is 6.08 Å². The second kappa shape index (κ2) is 6.34. The molecule has 0 fully saturated rings. The van der Waals surface area contributed by atoms with Gasteiger partial charge in [-0.1, -0.05) is 12.1 Å². The van der Waals surface area contributed by atoms with Gasteiger partial charge in [0.1, 0.15) is 10.8 Å². The monoisotopic (exact) mass is 330 g/mol. The average molecular weight is 330 g/mol. The number of nitrogens with two attached hydrogens (primary N) is 1. The maximum atomic E-state index is 12.8. The van der Waals surface area contributed by atoms with Crippen molar-refractivity contribution in [1.29, 1.82) is 0 Å². The molecule has 4 nitrogen and oxygen atoms in total. The Bertz CT molecular complexity index is 794. The topological polar surface area (TPSA) is 72.2 Å². The fourth-order valence-corrected chi connectivity index (χ4v) is 3.95. The van der Waals surface area contributed by atoms with Crippen LogP contribution < -0.4 is 11.1 Å². The first-order valence-electron chi connectivity index (χ1n) is 7.23. The Morgan fingerprint density at radius 2 is 1.96 bits per heavy atom. The molecule has 0 radical (unpaired) electrons. The number of anilines is 1. The number of benzene rings is 1. The van der Waals surface area contributed by atoms with Crippen molar-refractivity contribution in [2.45, 2.75) is 19.3 Å². The molecule has 1 aliphatic carbocycles. The van der Waals surface area contributed by atoms with Gasteiger partial charge in [0.25, 0.3) is 5.91 Å². The molecular weight excluding hydrogens is 315 g/mol. The summed E-state index contributed by atoms with van der Waals surface area (Å²) >= 11 is 1.41. The molecule has 3 rings (SSSR count). The van der Waals surface area contributed by atoms with Crippen molar-refractivity contribution in [2.75, 3.05) is 5.32 Å². The summed E-state index contributed by atoms with van der Waals surface area (Å²) in [6.07, 6.45) is 5.69. The maximum absolute atomic E-state index is 12.8. The lowest BCUT2D eigenvalue weighted by atomic mass is 10.1. The van der Waals surface area contributed by atoms with Crippen molar-refractivity contribution in [2.24, 2.45) is 5.73 Å². The lowest BCUT2D eigenvalue weighted by molar-refractivity contribution is -0.111. The highest BCUT2D eigenvalue weighted by atomic mass is 32.1. The van der Waals surface area contributed by atoms with Gasteiger partial charge in [0.15, 0.2) is 0 Å². The highest BCUT2D eigenvalue weighted by Gasteiger charge is 2.25. The Morgan fingerprint density at radius 1 is 1.22 bits per heavy atom. The van der Waals surface area contributed by atoms with E-state index in [0.717, 1.165) is 29.7 Å². The summed E-state index contributed by atoms with van der Waals surface area (Å²) in [7, 11) is 0. The molecule has 2 aromatic rings. The highest BCUT2D eigenvalue weighted by molar-refractivity contribution is 7.17. The van der Waals surface area contributed by atoms with Gasteiger partial charge in [-0.05, 0) is 48.6 Å². The van der Waals surface area contributed by atoms with Crippen molar-refractivity contribution in [3.63, 3.8) is 0 Å². The van der Waals surface area contributed by atoms with E-state index in [9.17, 15) is 14.0 Å². The first kappa shape index (κ1) is 15.4. The van der Waals surface area contributed by atoms with Gasteiger partial charge < -0.3 is 11.1 Å². The molecule has 1 heterocycles. The molecule has 2 amide bonds. The van der Waals surface area contributed by atoms with Crippen molar-refractivity contribution in [3.05, 3.63) is 57.7 Å². The number of hydrogen-bond acceptors (Lipinski definition) is 3. The minimum atomic E-state index is -0.512. The van der Waals surface area contributed by atoms with Crippen LogP contribution in [0.4, 0.5) is 9.39 Å². The van der Waals surface area contributed by atoms with Crippen molar-refractivity contribution in [3.8, 4) is 0 Å². The number of fused-ring (bicyclic) bond motifs is 1. The van der Waals surface area contributed by atoms with Gasteiger partial charge in [-0.2, -0.15) is 0 Å². The van der Waals surface area contributed by atoms with E-state index in [-0.39, 0.29) is 11.7 Å². The van der Waals surface area contributed by atoms with Gasteiger partial charge in [-0.25, -0.2) is 4.39 Å². The van der Waals surface area contributed by atoms with Crippen molar-refractivity contribution in [1.82, 2.24) is 0 Å². The summed E-state index contributed by atoms with van der Waals surface area (Å²) in [6.45, 7) is 0. The van der Waals surface area contributed by atoms with Crippen LogP contribution in [0, 0.1) is 5.82 Å². The molecule has 0 bridgehead atoms. The van der Waals surface area contributed by atoms with Crippen LogP contribution in [0.15, 0.2) is 30.3 Å². The number of rotatable bonds is 4. The summed E-state index contributed by atoms with van der Waals surface area (Å²) in [5.41, 5.74) is 7.57. The van der Waals surface area contributed by atoms with E-state index in [4.69, 9.17) is 5.73 Å². The van der Waals surface area contributed by atoms with E-state index in [1.165, 1.54) is 29.5 Å². The van der Waals surface area contributed by atoms with Crippen molar-refractivity contribution >= 4 is 34.2 Å². The molecule has 0 saturated heterocycles. The van der Waals surface area contributed by atoms with E-state index < -0.39 is 5.91 Å². The number of hydrogen-bond donors (Lipinski definition) is 2. The third-order valence-corrected chi connectivity index (χ3v) is 4.91. The Morgan fingerprint density at radius 3 is 2.65 bits per heavy atom. The number of primary amides is 1. The molecule has 0 atom stereocenters. The van der Waals surface area contributed by atoms with Crippen LogP contribution in [-0.2, 0) is 17.6 Å². The van der Waals surface area contributed by atoms with Gasteiger partial charge in [0.05, 0.1) is 5.56 Å². The molecule has 0 saturated carbocycles. The Labute approximate surface area is 136 Å². The molecule has 23 heavy (non-hydrogen) atoms. The third kappa shape index (κ3) is 3.32. The third-order valence-electron chi connectivity index (χ3n) is 3.70. The van der Waals surface area contributed by atoms with Gasteiger partial charge in [0.2, 0.25) is 5.91 Å². The van der Waals surface area contributed by atoms with E-state index in [2.05, 4.69) is 5.32 Å². The summed E-state index contributed by atoms with van der Waals surface area (Å²) in [5, 5.41) is 3.23.